The summed E-state index contributed by atoms with van der Waals surface area (Å²) in [6.45, 7) is 2.79. The summed E-state index contributed by atoms with van der Waals surface area (Å²) in [6, 6.07) is 13.9. The first-order valence-electron chi connectivity index (χ1n) is 13.5. The van der Waals surface area contributed by atoms with Crippen LogP contribution in [-0.2, 0) is 26.1 Å². The van der Waals surface area contributed by atoms with Crippen molar-refractivity contribution in [2.24, 2.45) is 11.7 Å². The largest absolute Gasteiger partial charge is 0.497 e. The van der Waals surface area contributed by atoms with E-state index in [0.29, 0.717) is 25.4 Å². The van der Waals surface area contributed by atoms with Gasteiger partial charge in [0.15, 0.2) is 0 Å². The molecule has 0 bridgehead atoms. The summed E-state index contributed by atoms with van der Waals surface area (Å²) in [6.07, 6.45) is 2.66. The molecule has 10 nitrogen and oxygen atoms in total. The number of imidazole rings is 1. The van der Waals surface area contributed by atoms with Crippen molar-refractivity contribution in [2.45, 2.75) is 42.7 Å². The van der Waals surface area contributed by atoms with E-state index in [2.05, 4.69) is 10.6 Å². The second kappa shape index (κ2) is 11.6. The van der Waals surface area contributed by atoms with E-state index in [9.17, 15) is 13.2 Å². The van der Waals surface area contributed by atoms with Gasteiger partial charge in [-0.3, -0.25) is 4.79 Å². The summed E-state index contributed by atoms with van der Waals surface area (Å²) in [5.74, 6) is 0.858. The van der Waals surface area contributed by atoms with Crippen molar-refractivity contribution in [1.82, 2.24) is 18.8 Å². The molecule has 2 aliphatic heterocycles. The lowest BCUT2D eigenvalue weighted by molar-refractivity contribution is -0.136. The number of fused-ring (bicyclic) bond motifs is 1. The van der Waals surface area contributed by atoms with E-state index < -0.39 is 22.0 Å². The first-order valence-corrected chi connectivity index (χ1v) is 14.9. The zero-order valence-electron chi connectivity index (χ0n) is 22.5. The molecule has 1 unspecified atom stereocenters. The van der Waals surface area contributed by atoms with Crippen molar-refractivity contribution in [3.05, 3.63) is 54.4 Å². The van der Waals surface area contributed by atoms with Crippen LogP contribution in [0.3, 0.4) is 0 Å². The van der Waals surface area contributed by atoms with Gasteiger partial charge in [-0.1, -0.05) is 18.2 Å². The van der Waals surface area contributed by atoms with Gasteiger partial charge in [-0.25, -0.2) is 13.4 Å². The minimum Gasteiger partial charge on any atom is -0.497 e. The van der Waals surface area contributed by atoms with E-state index in [4.69, 9.17) is 20.2 Å². The van der Waals surface area contributed by atoms with Crippen LogP contribution in [0.2, 0.25) is 0 Å². The third-order valence-corrected chi connectivity index (χ3v) is 9.67. The second-order valence-corrected chi connectivity index (χ2v) is 12.3. The molecule has 3 aromatic rings. The van der Waals surface area contributed by atoms with Gasteiger partial charge in [-0.2, -0.15) is 4.31 Å². The second-order valence-electron chi connectivity index (χ2n) is 10.4. The molecule has 2 saturated heterocycles. The van der Waals surface area contributed by atoms with Crippen molar-refractivity contribution in [2.75, 3.05) is 47.0 Å². The van der Waals surface area contributed by atoms with Crippen LogP contribution in [0.25, 0.3) is 11.0 Å². The molecule has 11 heteroatoms. The quantitative estimate of drug-likeness (QED) is 0.403. The van der Waals surface area contributed by atoms with E-state index in [1.807, 2.05) is 23.1 Å². The van der Waals surface area contributed by atoms with Crippen LogP contribution < -0.4 is 10.5 Å². The first-order chi connectivity index (χ1) is 18.8. The Morgan fingerprint density at radius 1 is 1.10 bits per heavy atom. The highest BCUT2D eigenvalue weighted by atomic mass is 32.2. The number of hydrogen-bond donors (Lipinski definition) is 1. The fourth-order valence-corrected chi connectivity index (χ4v) is 7.33. The molecule has 1 aromatic heterocycles. The molecular weight excluding hydrogens is 518 g/mol. The van der Waals surface area contributed by atoms with Gasteiger partial charge in [0.2, 0.25) is 15.9 Å². The number of aromatic nitrogens is 2. The number of amides is 1. The van der Waals surface area contributed by atoms with Crippen molar-refractivity contribution < 1.29 is 22.7 Å². The number of rotatable bonds is 9. The number of benzene rings is 2. The number of nitrogens with two attached hydrogens (primary N) is 1. The zero-order valence-corrected chi connectivity index (χ0v) is 23.3. The van der Waals surface area contributed by atoms with Crippen LogP contribution in [0.4, 0.5) is 0 Å². The summed E-state index contributed by atoms with van der Waals surface area (Å²) in [7, 11) is -0.612. The number of para-hydroxylation sites is 2. The Morgan fingerprint density at radius 3 is 2.72 bits per heavy atom. The first kappa shape index (κ1) is 27.6. The van der Waals surface area contributed by atoms with Gasteiger partial charge in [0.05, 0.1) is 29.0 Å². The Labute approximate surface area is 229 Å². The molecule has 5 rings (SSSR count). The van der Waals surface area contributed by atoms with Crippen molar-refractivity contribution in [1.29, 1.82) is 0 Å². The van der Waals surface area contributed by atoms with E-state index in [1.165, 1.54) is 23.5 Å². The topological polar surface area (TPSA) is 120 Å². The van der Waals surface area contributed by atoms with Gasteiger partial charge in [0.1, 0.15) is 11.6 Å². The lowest BCUT2D eigenvalue weighted by atomic mass is 9.94. The predicted octanol–water partition coefficient (Wildman–Crippen LogP) is 2.44. The monoisotopic (exact) mass is 555 g/mol. The van der Waals surface area contributed by atoms with Crippen LogP contribution in [0, 0.1) is 5.92 Å². The van der Waals surface area contributed by atoms with Crippen LogP contribution in [-0.4, -0.2) is 86.1 Å². The van der Waals surface area contributed by atoms with E-state index in [0.717, 1.165) is 42.7 Å². The van der Waals surface area contributed by atoms with Crippen molar-refractivity contribution >= 4 is 27.0 Å². The minimum atomic E-state index is -3.81. The number of likely N-dealkylation sites (tertiary alicyclic amines) is 1. The van der Waals surface area contributed by atoms with Crippen molar-refractivity contribution in [3.8, 4) is 5.75 Å². The van der Waals surface area contributed by atoms with Gasteiger partial charge >= 0.3 is 0 Å². The fourth-order valence-electron chi connectivity index (χ4n) is 5.79. The van der Waals surface area contributed by atoms with Crippen LogP contribution in [0.1, 0.15) is 31.0 Å². The number of sulfonamides is 1. The summed E-state index contributed by atoms with van der Waals surface area (Å²) >= 11 is 0. The predicted molar refractivity (Wildman–Crippen MR) is 148 cm³/mol. The average molecular weight is 556 g/mol. The highest BCUT2D eigenvalue weighted by Crippen LogP contribution is 2.32. The molecular formula is C28H37N5O5S. The third kappa shape index (κ3) is 5.54. The number of methoxy groups -OCH3 is 2. The van der Waals surface area contributed by atoms with Gasteiger partial charge < -0.3 is 24.7 Å². The maximum absolute atomic E-state index is 13.7. The number of nitrogens with zero attached hydrogens (tertiary/aromatic N) is 4. The number of carbonyl (C=O) groups excluding carboxylic acids is 1. The summed E-state index contributed by atoms with van der Waals surface area (Å²) < 4.78 is 40.7. The Balaban J connectivity index is 1.32. The molecule has 0 radical (unpaired) electrons. The summed E-state index contributed by atoms with van der Waals surface area (Å²) in [4.78, 5) is 20.7. The van der Waals surface area contributed by atoms with E-state index in [1.54, 1.807) is 19.2 Å². The van der Waals surface area contributed by atoms with Gasteiger partial charge in [-0.05, 0) is 43.5 Å². The Bertz CT molecular complexity index is 1420. The number of carbonyl (C=O) groups is 1. The lowest BCUT2D eigenvalue weighted by Gasteiger charge is -2.35. The molecule has 210 valence electrons. The average Bonchev–Trinajstić information content (AvgIpc) is 3.54. The maximum atomic E-state index is 13.7. The normalized spacial score (nSPS) is 22.4. The molecule has 2 fully saturated rings. The lowest BCUT2D eigenvalue weighted by Crippen LogP contribution is -2.47. The minimum absolute atomic E-state index is 0.0657. The Morgan fingerprint density at radius 2 is 1.92 bits per heavy atom. The van der Waals surface area contributed by atoms with Crippen LogP contribution in [0.5, 0.6) is 5.75 Å². The molecule has 2 N–H and O–H groups in total. The molecule has 2 aliphatic rings. The van der Waals surface area contributed by atoms with Crippen molar-refractivity contribution in [3.63, 3.8) is 0 Å². The van der Waals surface area contributed by atoms with Gasteiger partial charge in [-0.15, -0.1) is 0 Å². The van der Waals surface area contributed by atoms with Gasteiger partial charge in [0.25, 0.3) is 0 Å². The number of ether oxygens (including phenoxy) is 2. The van der Waals surface area contributed by atoms with Gasteiger partial charge in [0, 0.05) is 64.5 Å². The summed E-state index contributed by atoms with van der Waals surface area (Å²) in [5.41, 5.74) is 8.43. The van der Waals surface area contributed by atoms with E-state index >= 15 is 0 Å². The number of piperidine rings is 1. The maximum Gasteiger partial charge on any atom is 0.243 e. The molecule has 2 aromatic carbocycles. The SMILES string of the molecule is COCCCn1c(C2CCCN(C(=O)[C@@H]3CN(S(=O)(=O)c4cccc(OC)c4)C[C@H]3N)C2)nc2ccccc21. The molecule has 3 atom stereocenters. The third-order valence-electron chi connectivity index (χ3n) is 7.84. The van der Waals surface area contributed by atoms with Crippen LogP contribution >= 0.6 is 0 Å². The highest BCUT2D eigenvalue weighted by Gasteiger charge is 2.43. The molecule has 3 heterocycles. The zero-order chi connectivity index (χ0) is 27.6. The highest BCUT2D eigenvalue weighted by molar-refractivity contribution is 7.89. The summed E-state index contributed by atoms with van der Waals surface area (Å²) in [5, 5.41) is 0. The standard InChI is InChI=1S/C28H37N5O5S/c1-37-15-7-14-33-26-12-4-3-11-25(26)30-27(33)20-8-6-13-31(17-20)28(34)23-18-32(19-24(23)29)39(35,36)22-10-5-9-21(16-22)38-2/h3-5,9-12,16,20,23-24H,6-8,13-15,17-19,29H2,1-2H3/t20?,23-,24-/m1/s1. The number of hydrogen-bond acceptors (Lipinski definition) is 7. The molecule has 0 spiro atoms. The molecule has 0 aliphatic carbocycles. The van der Waals surface area contributed by atoms with Crippen LogP contribution in [0.15, 0.2) is 53.4 Å². The number of aryl methyl sites for hydroxylation is 1. The molecule has 0 saturated carbocycles. The Hall–Kier alpha value is -2.99. The molecule has 39 heavy (non-hydrogen) atoms. The Kier molecular flexibility index (Phi) is 8.22. The fraction of sp³-hybridized carbons (Fsp3) is 0.500. The smallest absolute Gasteiger partial charge is 0.243 e. The van der Waals surface area contributed by atoms with E-state index in [-0.39, 0.29) is 29.8 Å². The molecule has 1 amide bonds.